The van der Waals surface area contributed by atoms with Crippen molar-refractivity contribution < 1.29 is 9.59 Å². The Morgan fingerprint density at radius 2 is 1.79 bits per heavy atom. The lowest BCUT2D eigenvalue weighted by molar-refractivity contribution is -0.137. The number of anilines is 1. The minimum absolute atomic E-state index is 0.0495. The van der Waals surface area contributed by atoms with Crippen molar-refractivity contribution in [3.05, 3.63) is 42.5 Å². The molecule has 3 fully saturated rings. The van der Waals surface area contributed by atoms with Gasteiger partial charge < -0.3 is 15.1 Å². The molecule has 5 rings (SSSR count). The first kappa shape index (κ1) is 17.7. The van der Waals surface area contributed by atoms with Crippen LogP contribution in [-0.2, 0) is 9.59 Å². The Labute approximate surface area is 165 Å². The summed E-state index contributed by atoms with van der Waals surface area (Å²) in [4.78, 5) is 29.7. The zero-order chi connectivity index (χ0) is 19.3. The zero-order valence-corrected chi connectivity index (χ0v) is 16.3. The van der Waals surface area contributed by atoms with Crippen molar-refractivity contribution in [2.24, 2.45) is 5.92 Å². The summed E-state index contributed by atoms with van der Waals surface area (Å²) in [6, 6.07) is 15.5. The van der Waals surface area contributed by atoms with E-state index in [1.54, 1.807) is 0 Å². The van der Waals surface area contributed by atoms with Crippen molar-refractivity contribution in [2.45, 2.75) is 50.2 Å². The maximum Gasteiger partial charge on any atom is 0.228 e. The molecule has 0 aromatic heterocycles. The van der Waals surface area contributed by atoms with Crippen LogP contribution in [0.2, 0.25) is 0 Å². The molecule has 28 heavy (non-hydrogen) atoms. The molecule has 0 saturated carbocycles. The van der Waals surface area contributed by atoms with E-state index in [2.05, 4.69) is 17.4 Å². The largest absolute Gasteiger partial charge is 0.342 e. The SMILES string of the molecule is CN(C(=O)C1CC(=O)N(c2cccc3ccccc23)C1)C1CC2CCC(C1)N2. The molecule has 3 saturated heterocycles. The Bertz CT molecular complexity index is 910. The minimum Gasteiger partial charge on any atom is -0.342 e. The molecule has 5 heteroatoms. The van der Waals surface area contributed by atoms with Gasteiger partial charge in [0.15, 0.2) is 0 Å². The second kappa shape index (κ2) is 6.89. The molecule has 5 nitrogen and oxygen atoms in total. The van der Waals surface area contributed by atoms with Crippen LogP contribution in [0.25, 0.3) is 10.8 Å². The van der Waals surface area contributed by atoms with E-state index in [0.717, 1.165) is 29.3 Å². The van der Waals surface area contributed by atoms with Crippen LogP contribution in [0.5, 0.6) is 0 Å². The molecule has 0 aliphatic carbocycles. The lowest BCUT2D eigenvalue weighted by Crippen LogP contribution is -2.50. The molecule has 3 unspecified atom stereocenters. The predicted molar refractivity (Wildman–Crippen MR) is 110 cm³/mol. The minimum atomic E-state index is -0.246. The molecule has 2 bridgehead atoms. The Kier molecular flexibility index (Phi) is 4.35. The first-order valence-corrected chi connectivity index (χ1v) is 10.4. The van der Waals surface area contributed by atoms with Crippen molar-refractivity contribution in [1.29, 1.82) is 0 Å². The third-order valence-corrected chi connectivity index (χ3v) is 6.88. The highest BCUT2D eigenvalue weighted by atomic mass is 16.2. The van der Waals surface area contributed by atoms with E-state index in [4.69, 9.17) is 0 Å². The molecule has 3 aliphatic heterocycles. The fourth-order valence-corrected chi connectivity index (χ4v) is 5.36. The van der Waals surface area contributed by atoms with Gasteiger partial charge in [0.1, 0.15) is 0 Å². The maximum atomic E-state index is 13.2. The molecule has 2 aromatic carbocycles. The maximum absolute atomic E-state index is 13.2. The van der Waals surface area contributed by atoms with Crippen LogP contribution < -0.4 is 10.2 Å². The summed E-state index contributed by atoms with van der Waals surface area (Å²) in [5.74, 6) is -0.0696. The summed E-state index contributed by atoms with van der Waals surface area (Å²) in [5, 5.41) is 5.82. The monoisotopic (exact) mass is 377 g/mol. The molecule has 2 aromatic rings. The fraction of sp³-hybridized carbons (Fsp3) is 0.478. The number of nitrogens with one attached hydrogen (secondary N) is 1. The summed E-state index contributed by atoms with van der Waals surface area (Å²) in [7, 11) is 1.93. The van der Waals surface area contributed by atoms with Gasteiger partial charge in [-0.05, 0) is 37.1 Å². The summed E-state index contributed by atoms with van der Waals surface area (Å²) >= 11 is 0. The van der Waals surface area contributed by atoms with Crippen LogP contribution in [0.1, 0.15) is 32.1 Å². The molecule has 2 amide bonds. The lowest BCUT2D eigenvalue weighted by atomic mass is 9.97. The average molecular weight is 377 g/mol. The predicted octanol–water partition coefficient (Wildman–Crippen LogP) is 2.93. The van der Waals surface area contributed by atoms with Gasteiger partial charge in [0.05, 0.1) is 11.6 Å². The highest BCUT2D eigenvalue weighted by Gasteiger charge is 2.41. The van der Waals surface area contributed by atoms with E-state index >= 15 is 0 Å². The first-order chi connectivity index (χ1) is 13.6. The number of carbonyl (C=O) groups is 2. The van der Waals surface area contributed by atoms with Crippen LogP contribution in [0.3, 0.4) is 0 Å². The summed E-state index contributed by atoms with van der Waals surface area (Å²) < 4.78 is 0. The number of hydrogen-bond donors (Lipinski definition) is 1. The Morgan fingerprint density at radius 3 is 2.57 bits per heavy atom. The van der Waals surface area contributed by atoms with Crippen molar-refractivity contribution >= 4 is 28.3 Å². The Morgan fingerprint density at radius 1 is 1.07 bits per heavy atom. The molecule has 0 radical (unpaired) electrons. The number of nitrogens with zero attached hydrogens (tertiary/aromatic N) is 2. The second-order valence-corrected chi connectivity index (χ2v) is 8.62. The fourth-order valence-electron chi connectivity index (χ4n) is 5.36. The number of rotatable bonds is 3. The van der Waals surface area contributed by atoms with Crippen LogP contribution >= 0.6 is 0 Å². The smallest absolute Gasteiger partial charge is 0.228 e. The molecule has 146 valence electrons. The number of carbonyl (C=O) groups excluding carboxylic acids is 2. The van der Waals surface area contributed by atoms with E-state index in [-0.39, 0.29) is 17.7 Å². The number of piperidine rings is 1. The number of amides is 2. The van der Waals surface area contributed by atoms with Crippen LogP contribution in [0.4, 0.5) is 5.69 Å². The van der Waals surface area contributed by atoms with Gasteiger partial charge in [-0.1, -0.05) is 36.4 Å². The normalized spacial score (nSPS) is 29.5. The van der Waals surface area contributed by atoms with E-state index in [1.165, 1.54) is 12.8 Å². The summed E-state index contributed by atoms with van der Waals surface area (Å²) in [6.07, 6.45) is 4.82. The van der Waals surface area contributed by atoms with E-state index < -0.39 is 0 Å². The molecule has 3 atom stereocenters. The van der Waals surface area contributed by atoms with Gasteiger partial charge in [0.2, 0.25) is 11.8 Å². The van der Waals surface area contributed by atoms with Crippen molar-refractivity contribution in [2.75, 3.05) is 18.5 Å². The topological polar surface area (TPSA) is 52.7 Å². The zero-order valence-electron chi connectivity index (χ0n) is 16.3. The van der Waals surface area contributed by atoms with Gasteiger partial charge in [-0.25, -0.2) is 0 Å². The molecule has 0 spiro atoms. The van der Waals surface area contributed by atoms with E-state index in [1.807, 2.05) is 47.2 Å². The van der Waals surface area contributed by atoms with Gasteiger partial charge in [-0.15, -0.1) is 0 Å². The summed E-state index contributed by atoms with van der Waals surface area (Å²) in [6.45, 7) is 0.480. The van der Waals surface area contributed by atoms with Crippen molar-refractivity contribution in [3.63, 3.8) is 0 Å². The molecular formula is C23H27N3O2. The number of fused-ring (bicyclic) bond motifs is 3. The molecule has 3 aliphatic rings. The number of benzene rings is 2. The van der Waals surface area contributed by atoms with Crippen molar-refractivity contribution in [1.82, 2.24) is 10.2 Å². The number of hydrogen-bond acceptors (Lipinski definition) is 3. The van der Waals surface area contributed by atoms with Crippen LogP contribution in [0.15, 0.2) is 42.5 Å². The first-order valence-electron chi connectivity index (χ1n) is 10.4. The highest BCUT2D eigenvalue weighted by molar-refractivity contribution is 6.07. The van der Waals surface area contributed by atoms with Crippen molar-refractivity contribution in [3.8, 4) is 0 Å². The quantitative estimate of drug-likeness (QED) is 0.895. The van der Waals surface area contributed by atoms with Gasteiger partial charge in [-0.3, -0.25) is 9.59 Å². The van der Waals surface area contributed by atoms with E-state index in [0.29, 0.717) is 31.1 Å². The molecular weight excluding hydrogens is 350 g/mol. The highest BCUT2D eigenvalue weighted by Crippen LogP contribution is 2.34. The Balaban J connectivity index is 1.34. The Hall–Kier alpha value is -2.40. The van der Waals surface area contributed by atoms with E-state index in [9.17, 15) is 9.59 Å². The lowest BCUT2D eigenvalue weighted by Gasteiger charge is -2.36. The molecule has 3 heterocycles. The second-order valence-electron chi connectivity index (χ2n) is 8.62. The average Bonchev–Trinajstić information content (AvgIpc) is 3.27. The third kappa shape index (κ3) is 2.98. The van der Waals surface area contributed by atoms with Gasteiger partial charge >= 0.3 is 0 Å². The third-order valence-electron chi connectivity index (χ3n) is 6.88. The van der Waals surface area contributed by atoms with Crippen LogP contribution in [0, 0.1) is 5.92 Å². The van der Waals surface area contributed by atoms with Crippen LogP contribution in [-0.4, -0.2) is 48.4 Å². The summed E-state index contributed by atoms with van der Waals surface area (Å²) in [5.41, 5.74) is 0.918. The van der Waals surface area contributed by atoms with Gasteiger partial charge in [-0.2, -0.15) is 0 Å². The van der Waals surface area contributed by atoms with Gasteiger partial charge in [0, 0.05) is 43.5 Å². The standard InChI is InChI=1S/C23H27N3O2/c1-25(19-12-17-9-10-18(13-19)24-17)23(28)16-11-22(27)26(14-16)21-8-4-6-15-5-2-3-7-20(15)21/h2-8,16-19,24H,9-14H2,1H3. The van der Waals surface area contributed by atoms with Gasteiger partial charge in [0.25, 0.3) is 0 Å². The molecule has 1 N–H and O–H groups in total.